The zero-order valence-electron chi connectivity index (χ0n) is 16.9. The minimum absolute atomic E-state index is 0.241. The van der Waals surface area contributed by atoms with Gasteiger partial charge < -0.3 is 9.47 Å². The van der Waals surface area contributed by atoms with E-state index in [1.165, 1.54) is 18.3 Å². The lowest BCUT2D eigenvalue weighted by molar-refractivity contribution is 0.0955. The van der Waals surface area contributed by atoms with Crippen molar-refractivity contribution in [2.75, 3.05) is 6.61 Å². The fourth-order valence-electron chi connectivity index (χ4n) is 2.70. The molecule has 0 aliphatic rings. The first-order valence-corrected chi connectivity index (χ1v) is 11.4. The number of carbonyl (C=O) groups is 1. The highest BCUT2D eigenvalue weighted by molar-refractivity contribution is 9.10. The number of nitrogens with zero attached hydrogens (tertiary/aromatic N) is 1. The Balaban J connectivity index is 1.74. The van der Waals surface area contributed by atoms with Crippen LogP contribution in [0, 0.1) is 0 Å². The van der Waals surface area contributed by atoms with Crippen molar-refractivity contribution in [2.24, 2.45) is 5.10 Å². The molecule has 0 unspecified atom stereocenters. The quantitative estimate of drug-likeness (QED) is 0.237. The summed E-state index contributed by atoms with van der Waals surface area (Å²) in [6.07, 6.45) is 1.49. The lowest BCUT2D eigenvalue weighted by Crippen LogP contribution is -2.18. The minimum Gasteiger partial charge on any atom is -0.490 e. The van der Waals surface area contributed by atoms with E-state index in [2.05, 4.69) is 26.5 Å². The first-order chi connectivity index (χ1) is 15.4. The molecule has 0 radical (unpaired) electrons. The predicted molar refractivity (Wildman–Crippen MR) is 133 cm³/mol. The Hall–Kier alpha value is -2.25. The molecule has 0 bridgehead atoms. The van der Waals surface area contributed by atoms with Gasteiger partial charge in [-0.2, -0.15) is 5.10 Å². The van der Waals surface area contributed by atoms with Gasteiger partial charge in [-0.1, -0.05) is 53.0 Å². The van der Waals surface area contributed by atoms with Gasteiger partial charge in [0.25, 0.3) is 5.91 Å². The highest BCUT2D eigenvalue weighted by Gasteiger charge is 2.12. The number of carbonyl (C=O) groups excluding carboxylic acids is 1. The van der Waals surface area contributed by atoms with Gasteiger partial charge in [-0.15, -0.1) is 0 Å². The van der Waals surface area contributed by atoms with E-state index < -0.39 is 5.91 Å². The second-order valence-corrected chi connectivity index (χ2v) is 8.56. The van der Waals surface area contributed by atoms with Gasteiger partial charge in [-0.05, 0) is 59.3 Å². The smallest absolute Gasteiger partial charge is 0.272 e. The molecule has 0 aliphatic heterocycles. The summed E-state index contributed by atoms with van der Waals surface area (Å²) in [5.41, 5.74) is 4.26. The molecule has 3 aromatic rings. The average Bonchev–Trinajstić information content (AvgIpc) is 2.75. The van der Waals surface area contributed by atoms with Gasteiger partial charge >= 0.3 is 0 Å². The van der Waals surface area contributed by atoms with Crippen LogP contribution in [0.25, 0.3) is 0 Å². The summed E-state index contributed by atoms with van der Waals surface area (Å²) in [6.45, 7) is 2.62. The fraction of sp³-hybridized carbons (Fsp3) is 0.130. The Morgan fingerprint density at radius 2 is 1.78 bits per heavy atom. The van der Waals surface area contributed by atoms with Gasteiger partial charge in [0.1, 0.15) is 6.61 Å². The van der Waals surface area contributed by atoms with Crippen molar-refractivity contribution < 1.29 is 14.3 Å². The van der Waals surface area contributed by atoms with Crippen LogP contribution in [0.3, 0.4) is 0 Å². The van der Waals surface area contributed by atoms with Crippen LogP contribution in [0.2, 0.25) is 15.1 Å². The van der Waals surface area contributed by atoms with Crippen LogP contribution in [0.15, 0.2) is 64.2 Å². The van der Waals surface area contributed by atoms with E-state index in [0.717, 1.165) is 5.56 Å². The number of nitrogens with one attached hydrogen (secondary N) is 1. The summed E-state index contributed by atoms with van der Waals surface area (Å²) in [7, 11) is 0. The van der Waals surface area contributed by atoms with Crippen LogP contribution in [0.5, 0.6) is 11.5 Å². The maximum Gasteiger partial charge on any atom is 0.272 e. The maximum absolute atomic E-state index is 12.3. The summed E-state index contributed by atoms with van der Waals surface area (Å²) in [6, 6.07) is 15.6. The van der Waals surface area contributed by atoms with Crippen molar-refractivity contribution in [1.29, 1.82) is 0 Å². The van der Waals surface area contributed by atoms with Crippen molar-refractivity contribution in [3.8, 4) is 11.5 Å². The molecule has 166 valence electrons. The standard InChI is InChI=1S/C23H18BrCl3N2O3/c1-2-31-21-9-15(12-28-29-23(30)17-8-7-16(25)10-20(17)27)18(24)11-22(21)32-13-14-5-3-4-6-19(14)26/h3-12H,2,13H2,1H3,(H,29,30)/b28-12-. The first kappa shape index (κ1) is 24.4. The molecule has 3 aromatic carbocycles. The lowest BCUT2D eigenvalue weighted by Gasteiger charge is -2.14. The molecule has 32 heavy (non-hydrogen) atoms. The van der Waals surface area contributed by atoms with Crippen LogP contribution in [-0.4, -0.2) is 18.7 Å². The summed E-state index contributed by atoms with van der Waals surface area (Å²) in [5, 5.41) is 5.33. The number of amides is 1. The molecule has 0 aromatic heterocycles. The third kappa shape index (κ3) is 6.39. The normalized spacial score (nSPS) is 10.9. The number of ether oxygens (including phenoxy) is 2. The summed E-state index contributed by atoms with van der Waals surface area (Å²) in [5.74, 6) is 0.632. The Kier molecular flexibility index (Phi) is 8.82. The van der Waals surface area contributed by atoms with E-state index in [-0.39, 0.29) is 17.2 Å². The van der Waals surface area contributed by atoms with Crippen LogP contribution in [0.4, 0.5) is 0 Å². The highest BCUT2D eigenvalue weighted by Crippen LogP contribution is 2.34. The number of hydrogen-bond donors (Lipinski definition) is 1. The van der Waals surface area contributed by atoms with Crippen molar-refractivity contribution in [1.82, 2.24) is 5.43 Å². The molecule has 0 atom stereocenters. The Labute approximate surface area is 209 Å². The Morgan fingerprint density at radius 3 is 2.50 bits per heavy atom. The Bertz CT molecular complexity index is 1160. The van der Waals surface area contributed by atoms with Gasteiger partial charge in [0.2, 0.25) is 0 Å². The average molecular weight is 557 g/mol. The summed E-state index contributed by atoms with van der Waals surface area (Å²) in [4.78, 5) is 12.3. The second kappa shape index (κ2) is 11.6. The molecule has 0 heterocycles. The lowest BCUT2D eigenvalue weighted by atomic mass is 10.2. The number of rotatable bonds is 8. The van der Waals surface area contributed by atoms with E-state index in [4.69, 9.17) is 44.3 Å². The Morgan fingerprint density at radius 1 is 1.03 bits per heavy atom. The molecule has 0 fully saturated rings. The first-order valence-electron chi connectivity index (χ1n) is 9.50. The zero-order chi connectivity index (χ0) is 23.1. The van der Waals surface area contributed by atoms with Crippen LogP contribution >= 0.6 is 50.7 Å². The molecule has 0 saturated carbocycles. The molecule has 5 nitrogen and oxygen atoms in total. The van der Waals surface area contributed by atoms with E-state index in [1.54, 1.807) is 18.2 Å². The number of benzene rings is 3. The van der Waals surface area contributed by atoms with Crippen LogP contribution < -0.4 is 14.9 Å². The molecule has 1 amide bonds. The van der Waals surface area contributed by atoms with Crippen LogP contribution in [-0.2, 0) is 6.61 Å². The fourth-order valence-corrected chi connectivity index (χ4v) is 3.81. The van der Waals surface area contributed by atoms with Crippen molar-refractivity contribution in [2.45, 2.75) is 13.5 Å². The third-order valence-corrected chi connectivity index (χ3v) is 5.85. The largest absolute Gasteiger partial charge is 0.490 e. The predicted octanol–water partition coefficient (Wildman–Crippen LogP) is 7.15. The monoisotopic (exact) mass is 554 g/mol. The van der Waals surface area contributed by atoms with Crippen molar-refractivity contribution in [3.63, 3.8) is 0 Å². The van der Waals surface area contributed by atoms with Gasteiger partial charge in [0.05, 0.1) is 23.4 Å². The molecule has 3 rings (SSSR count). The van der Waals surface area contributed by atoms with E-state index in [0.29, 0.717) is 38.2 Å². The van der Waals surface area contributed by atoms with Gasteiger partial charge in [0, 0.05) is 25.6 Å². The van der Waals surface area contributed by atoms with Gasteiger partial charge in [0.15, 0.2) is 11.5 Å². The minimum atomic E-state index is -0.455. The van der Waals surface area contributed by atoms with Crippen molar-refractivity contribution in [3.05, 3.63) is 90.8 Å². The number of halogens is 4. The van der Waals surface area contributed by atoms with Crippen LogP contribution in [0.1, 0.15) is 28.4 Å². The molecule has 0 spiro atoms. The summed E-state index contributed by atoms with van der Waals surface area (Å²) >= 11 is 21.6. The molecule has 0 saturated heterocycles. The SMILES string of the molecule is CCOc1cc(/C=N\NC(=O)c2ccc(Cl)cc2Cl)c(Br)cc1OCc1ccccc1Cl. The topological polar surface area (TPSA) is 59.9 Å². The number of hydrogen-bond acceptors (Lipinski definition) is 4. The van der Waals surface area contributed by atoms with Gasteiger partial charge in [-0.3, -0.25) is 4.79 Å². The molecule has 9 heteroatoms. The molecule has 1 N–H and O–H groups in total. The molecular weight excluding hydrogens is 539 g/mol. The highest BCUT2D eigenvalue weighted by atomic mass is 79.9. The van der Waals surface area contributed by atoms with E-state index >= 15 is 0 Å². The zero-order valence-corrected chi connectivity index (χ0v) is 20.7. The number of hydrazone groups is 1. The van der Waals surface area contributed by atoms with Crippen molar-refractivity contribution >= 4 is 62.9 Å². The van der Waals surface area contributed by atoms with Gasteiger partial charge in [-0.25, -0.2) is 5.43 Å². The van der Waals surface area contributed by atoms with E-state index in [1.807, 2.05) is 31.2 Å². The molecular formula is C23H18BrCl3N2O3. The third-order valence-electron chi connectivity index (χ3n) is 4.25. The summed E-state index contributed by atoms with van der Waals surface area (Å²) < 4.78 is 12.4. The maximum atomic E-state index is 12.3. The second-order valence-electron chi connectivity index (χ2n) is 6.46. The molecule has 0 aliphatic carbocycles. The van der Waals surface area contributed by atoms with E-state index in [9.17, 15) is 4.79 Å².